The van der Waals surface area contributed by atoms with Gasteiger partial charge in [0.25, 0.3) is 6.43 Å². The molecule has 0 unspecified atom stereocenters. The van der Waals surface area contributed by atoms with Crippen molar-refractivity contribution in [2.45, 2.75) is 39.2 Å². The van der Waals surface area contributed by atoms with Crippen LogP contribution in [0.2, 0.25) is 0 Å². The van der Waals surface area contributed by atoms with Crippen LogP contribution < -0.4 is 5.32 Å². The van der Waals surface area contributed by atoms with Crippen LogP contribution in [0, 0.1) is 5.92 Å². The van der Waals surface area contributed by atoms with Gasteiger partial charge in [-0.3, -0.25) is 0 Å². The van der Waals surface area contributed by atoms with Crippen LogP contribution in [0.5, 0.6) is 0 Å². The zero-order valence-electron chi connectivity index (χ0n) is 12.8. The lowest BCUT2D eigenvalue weighted by atomic mass is 9.99. The second kappa shape index (κ2) is 8.44. The summed E-state index contributed by atoms with van der Waals surface area (Å²) in [6.07, 6.45) is 1.36. The number of benzene rings is 1. The summed E-state index contributed by atoms with van der Waals surface area (Å²) >= 11 is 0. The van der Waals surface area contributed by atoms with Crippen LogP contribution in [-0.4, -0.2) is 31.1 Å². The fraction of sp³-hybridized carbons (Fsp3) is 0.647. The molecule has 0 radical (unpaired) electrons. The van der Waals surface area contributed by atoms with E-state index in [1.807, 2.05) is 6.07 Å². The summed E-state index contributed by atoms with van der Waals surface area (Å²) in [5, 5.41) is 3.34. The lowest BCUT2D eigenvalue weighted by Crippen LogP contribution is -2.34. The molecule has 1 heterocycles. The number of halogens is 2. The summed E-state index contributed by atoms with van der Waals surface area (Å²) in [6, 6.07) is 6.66. The fourth-order valence-electron chi connectivity index (χ4n) is 2.78. The van der Waals surface area contributed by atoms with Crippen LogP contribution >= 0.6 is 0 Å². The molecule has 2 nitrogen and oxygen atoms in total. The Kier molecular flexibility index (Phi) is 6.58. The summed E-state index contributed by atoms with van der Waals surface area (Å²) < 4.78 is 25.2. The molecule has 0 bridgehead atoms. The number of alkyl halides is 2. The molecule has 0 aliphatic carbocycles. The van der Waals surface area contributed by atoms with E-state index >= 15 is 0 Å². The first-order chi connectivity index (χ1) is 10.1. The van der Waals surface area contributed by atoms with Crippen molar-refractivity contribution >= 4 is 0 Å². The van der Waals surface area contributed by atoms with Gasteiger partial charge in [-0.1, -0.05) is 25.1 Å². The van der Waals surface area contributed by atoms with Gasteiger partial charge < -0.3 is 10.2 Å². The van der Waals surface area contributed by atoms with Gasteiger partial charge in [-0.15, -0.1) is 0 Å². The van der Waals surface area contributed by atoms with Gasteiger partial charge in [-0.2, -0.15) is 0 Å². The molecule has 2 rings (SSSR count). The maximum absolute atomic E-state index is 12.6. The third-order valence-corrected chi connectivity index (χ3v) is 4.24. The Hall–Kier alpha value is -1.00. The average Bonchev–Trinajstić information content (AvgIpc) is 2.49. The number of piperidine rings is 1. The minimum absolute atomic E-state index is 0.108. The molecule has 0 saturated carbocycles. The molecular weight excluding hydrogens is 270 g/mol. The van der Waals surface area contributed by atoms with E-state index in [1.54, 1.807) is 12.1 Å². The number of likely N-dealkylation sites (tertiary alicyclic amines) is 1. The summed E-state index contributed by atoms with van der Waals surface area (Å²) in [5.41, 5.74) is 1.04. The third kappa shape index (κ3) is 5.71. The van der Waals surface area contributed by atoms with Crippen LogP contribution in [0.4, 0.5) is 8.78 Å². The molecule has 1 aliphatic rings. The first kappa shape index (κ1) is 16.4. The molecule has 1 aromatic rings. The summed E-state index contributed by atoms with van der Waals surface area (Å²) in [4.78, 5) is 2.53. The van der Waals surface area contributed by atoms with Crippen molar-refractivity contribution < 1.29 is 8.78 Å². The van der Waals surface area contributed by atoms with E-state index < -0.39 is 6.43 Å². The minimum atomic E-state index is -2.38. The first-order valence-electron chi connectivity index (χ1n) is 7.95. The molecule has 1 aliphatic heterocycles. The van der Waals surface area contributed by atoms with Gasteiger partial charge in [0, 0.05) is 12.1 Å². The van der Waals surface area contributed by atoms with Gasteiger partial charge in [-0.05, 0) is 63.0 Å². The van der Waals surface area contributed by atoms with Crippen molar-refractivity contribution in [1.82, 2.24) is 10.2 Å². The lowest BCUT2D eigenvalue weighted by Gasteiger charge is -2.30. The Labute approximate surface area is 126 Å². The van der Waals surface area contributed by atoms with Gasteiger partial charge in [-0.25, -0.2) is 8.78 Å². The lowest BCUT2D eigenvalue weighted by molar-refractivity contribution is 0.151. The molecule has 0 atom stereocenters. The first-order valence-corrected chi connectivity index (χ1v) is 7.95. The predicted octanol–water partition coefficient (Wildman–Crippen LogP) is 3.84. The molecule has 1 N–H and O–H groups in total. The SMILES string of the molecule is CC1CCN(CCCNCc2cccc(C(F)F)c2)CC1. The van der Waals surface area contributed by atoms with Crippen molar-refractivity contribution in [2.24, 2.45) is 5.92 Å². The van der Waals surface area contributed by atoms with E-state index in [2.05, 4.69) is 17.1 Å². The molecule has 0 amide bonds. The highest BCUT2D eigenvalue weighted by molar-refractivity contribution is 5.24. The average molecular weight is 296 g/mol. The topological polar surface area (TPSA) is 15.3 Å². The van der Waals surface area contributed by atoms with Gasteiger partial charge >= 0.3 is 0 Å². The van der Waals surface area contributed by atoms with E-state index in [0.29, 0.717) is 6.54 Å². The molecule has 4 heteroatoms. The Morgan fingerprint density at radius 3 is 2.76 bits per heavy atom. The van der Waals surface area contributed by atoms with Crippen LogP contribution in [0.25, 0.3) is 0 Å². The van der Waals surface area contributed by atoms with Crippen LogP contribution in [0.3, 0.4) is 0 Å². The van der Waals surface area contributed by atoms with Gasteiger partial charge in [0.05, 0.1) is 0 Å². The minimum Gasteiger partial charge on any atom is -0.313 e. The maximum atomic E-state index is 12.6. The molecule has 1 saturated heterocycles. The molecule has 0 spiro atoms. The van der Waals surface area contributed by atoms with Gasteiger partial charge in [0.15, 0.2) is 0 Å². The Balaban J connectivity index is 1.60. The number of hydrogen-bond acceptors (Lipinski definition) is 2. The molecule has 0 aromatic heterocycles. The molecule has 1 aromatic carbocycles. The second-order valence-corrected chi connectivity index (χ2v) is 6.10. The van der Waals surface area contributed by atoms with E-state index in [9.17, 15) is 8.78 Å². The van der Waals surface area contributed by atoms with Crippen molar-refractivity contribution in [3.05, 3.63) is 35.4 Å². The highest BCUT2D eigenvalue weighted by Crippen LogP contribution is 2.19. The smallest absolute Gasteiger partial charge is 0.263 e. The predicted molar refractivity (Wildman–Crippen MR) is 82.6 cm³/mol. The highest BCUT2D eigenvalue weighted by atomic mass is 19.3. The Bertz CT molecular complexity index is 415. The van der Waals surface area contributed by atoms with E-state index in [-0.39, 0.29) is 5.56 Å². The number of rotatable bonds is 7. The van der Waals surface area contributed by atoms with Crippen molar-refractivity contribution in [3.63, 3.8) is 0 Å². The van der Waals surface area contributed by atoms with Crippen LogP contribution in [0.1, 0.15) is 43.7 Å². The maximum Gasteiger partial charge on any atom is 0.263 e. The standard InChI is InChI=1S/C17H26F2N2/c1-14-6-10-21(11-7-14)9-3-8-20-13-15-4-2-5-16(12-15)17(18)19/h2,4-5,12,14,17,20H,3,6-11,13H2,1H3. The number of hydrogen-bond donors (Lipinski definition) is 1. The van der Waals surface area contributed by atoms with E-state index in [4.69, 9.17) is 0 Å². The monoisotopic (exact) mass is 296 g/mol. The van der Waals surface area contributed by atoms with Crippen molar-refractivity contribution in [2.75, 3.05) is 26.2 Å². The molecule has 21 heavy (non-hydrogen) atoms. The quantitative estimate of drug-likeness (QED) is 0.769. The largest absolute Gasteiger partial charge is 0.313 e. The fourth-order valence-corrected chi connectivity index (χ4v) is 2.78. The second-order valence-electron chi connectivity index (χ2n) is 6.10. The molecular formula is C17H26F2N2. The van der Waals surface area contributed by atoms with Gasteiger partial charge in [0.2, 0.25) is 0 Å². The Morgan fingerprint density at radius 1 is 1.29 bits per heavy atom. The van der Waals surface area contributed by atoms with Crippen molar-refractivity contribution in [1.29, 1.82) is 0 Å². The normalized spacial score (nSPS) is 17.5. The van der Waals surface area contributed by atoms with Crippen molar-refractivity contribution in [3.8, 4) is 0 Å². The molecule has 118 valence electrons. The Morgan fingerprint density at radius 2 is 2.05 bits per heavy atom. The summed E-state index contributed by atoms with van der Waals surface area (Å²) in [6.45, 7) is 7.50. The summed E-state index contributed by atoms with van der Waals surface area (Å²) in [5.74, 6) is 0.876. The molecule has 1 fully saturated rings. The zero-order chi connectivity index (χ0) is 15.1. The van der Waals surface area contributed by atoms with Crippen LogP contribution in [0.15, 0.2) is 24.3 Å². The zero-order valence-corrected chi connectivity index (χ0v) is 12.8. The van der Waals surface area contributed by atoms with Gasteiger partial charge in [0.1, 0.15) is 0 Å². The summed E-state index contributed by atoms with van der Waals surface area (Å²) in [7, 11) is 0. The third-order valence-electron chi connectivity index (χ3n) is 4.24. The van der Waals surface area contributed by atoms with E-state index in [1.165, 1.54) is 32.0 Å². The highest BCUT2D eigenvalue weighted by Gasteiger charge is 2.14. The number of nitrogens with one attached hydrogen (secondary N) is 1. The van der Waals surface area contributed by atoms with E-state index in [0.717, 1.165) is 31.0 Å². The van der Waals surface area contributed by atoms with Crippen LogP contribution in [-0.2, 0) is 6.54 Å². The number of nitrogens with zero attached hydrogens (tertiary/aromatic N) is 1.